The zero-order chi connectivity index (χ0) is 13.9. The van der Waals surface area contributed by atoms with Gasteiger partial charge in [0.25, 0.3) is 0 Å². The predicted molar refractivity (Wildman–Crippen MR) is 87.3 cm³/mol. The molecule has 1 aromatic heterocycles. The maximum absolute atomic E-state index is 10.3. The first-order valence-electron chi connectivity index (χ1n) is 7.91. The van der Waals surface area contributed by atoms with Crippen molar-refractivity contribution in [3.05, 3.63) is 35.2 Å². The summed E-state index contributed by atoms with van der Waals surface area (Å²) in [6.45, 7) is 2.27. The van der Waals surface area contributed by atoms with Crippen LogP contribution in [0.2, 0.25) is 0 Å². The Kier molecular flexibility index (Phi) is 4.42. The Hall–Kier alpha value is -0.860. The summed E-state index contributed by atoms with van der Waals surface area (Å²) in [5.41, 5.74) is 1.44. The van der Waals surface area contributed by atoms with Crippen molar-refractivity contribution in [3.8, 4) is 0 Å². The Balaban J connectivity index is 1.75. The molecule has 0 amide bonds. The molecule has 1 aliphatic rings. The molecule has 1 aliphatic carbocycles. The van der Waals surface area contributed by atoms with Crippen molar-refractivity contribution in [2.24, 2.45) is 11.8 Å². The Bertz CT molecular complexity index is 559. The van der Waals surface area contributed by atoms with E-state index in [4.69, 9.17) is 0 Å². The minimum atomic E-state index is -0.0956. The van der Waals surface area contributed by atoms with Gasteiger partial charge in [-0.05, 0) is 59.9 Å². The lowest BCUT2D eigenvalue weighted by atomic mass is 9.75. The Labute approximate surface area is 125 Å². The normalized spacial score (nSPS) is 27.0. The van der Waals surface area contributed by atoms with E-state index in [0.29, 0.717) is 5.92 Å². The van der Waals surface area contributed by atoms with E-state index >= 15 is 0 Å². The SMILES string of the molecule is CCCC1CCC(O)C(Cc2csc3ccccc23)C1. The Morgan fingerprint density at radius 3 is 2.95 bits per heavy atom. The van der Waals surface area contributed by atoms with Gasteiger partial charge in [-0.2, -0.15) is 0 Å². The van der Waals surface area contributed by atoms with Gasteiger partial charge in [-0.25, -0.2) is 0 Å². The molecule has 0 spiro atoms. The molecule has 1 N–H and O–H groups in total. The average molecular weight is 288 g/mol. The van der Waals surface area contributed by atoms with Crippen molar-refractivity contribution in [2.75, 3.05) is 0 Å². The van der Waals surface area contributed by atoms with Gasteiger partial charge in [0.2, 0.25) is 0 Å². The van der Waals surface area contributed by atoms with Gasteiger partial charge >= 0.3 is 0 Å². The largest absolute Gasteiger partial charge is 0.393 e. The summed E-state index contributed by atoms with van der Waals surface area (Å²) in [6.07, 6.45) is 6.97. The summed E-state index contributed by atoms with van der Waals surface area (Å²) in [4.78, 5) is 0. The summed E-state index contributed by atoms with van der Waals surface area (Å²) in [7, 11) is 0. The topological polar surface area (TPSA) is 20.2 Å². The number of rotatable bonds is 4. The third kappa shape index (κ3) is 2.91. The van der Waals surface area contributed by atoms with Crippen LogP contribution in [-0.2, 0) is 6.42 Å². The molecule has 0 saturated heterocycles. The monoisotopic (exact) mass is 288 g/mol. The molecule has 0 aliphatic heterocycles. The quantitative estimate of drug-likeness (QED) is 0.837. The van der Waals surface area contributed by atoms with E-state index < -0.39 is 0 Å². The fourth-order valence-electron chi connectivity index (χ4n) is 3.71. The van der Waals surface area contributed by atoms with Crippen molar-refractivity contribution in [3.63, 3.8) is 0 Å². The highest BCUT2D eigenvalue weighted by atomic mass is 32.1. The number of fused-ring (bicyclic) bond motifs is 1. The predicted octanol–water partition coefficient (Wildman–Crippen LogP) is 5.02. The lowest BCUT2D eigenvalue weighted by Crippen LogP contribution is -2.30. The van der Waals surface area contributed by atoms with E-state index in [0.717, 1.165) is 18.8 Å². The van der Waals surface area contributed by atoms with Crippen LogP contribution in [0.1, 0.15) is 44.6 Å². The van der Waals surface area contributed by atoms with Gasteiger partial charge < -0.3 is 5.11 Å². The second-order valence-electron chi connectivity index (χ2n) is 6.26. The lowest BCUT2D eigenvalue weighted by molar-refractivity contribution is 0.0465. The second kappa shape index (κ2) is 6.28. The molecule has 3 atom stereocenters. The van der Waals surface area contributed by atoms with Crippen LogP contribution in [-0.4, -0.2) is 11.2 Å². The Morgan fingerprint density at radius 1 is 1.25 bits per heavy atom. The number of aliphatic hydroxyl groups excluding tert-OH is 1. The standard InChI is InChI=1S/C18H24OS/c1-2-5-13-8-9-17(19)14(10-13)11-15-12-20-18-7-4-3-6-16(15)18/h3-4,6-7,12-14,17,19H,2,5,8-11H2,1H3. The van der Waals surface area contributed by atoms with Crippen LogP contribution < -0.4 is 0 Å². The molecule has 1 nitrogen and oxygen atoms in total. The van der Waals surface area contributed by atoms with Crippen molar-refractivity contribution in [1.29, 1.82) is 0 Å². The third-order valence-corrected chi connectivity index (χ3v) is 5.80. The van der Waals surface area contributed by atoms with Crippen LogP contribution in [0.3, 0.4) is 0 Å². The minimum Gasteiger partial charge on any atom is -0.393 e. The first-order valence-corrected chi connectivity index (χ1v) is 8.79. The highest BCUT2D eigenvalue weighted by Gasteiger charge is 2.29. The van der Waals surface area contributed by atoms with Crippen molar-refractivity contribution < 1.29 is 5.11 Å². The average Bonchev–Trinajstić information content (AvgIpc) is 2.86. The highest BCUT2D eigenvalue weighted by Crippen LogP contribution is 2.36. The van der Waals surface area contributed by atoms with E-state index in [9.17, 15) is 5.11 Å². The number of hydrogen-bond acceptors (Lipinski definition) is 2. The smallest absolute Gasteiger partial charge is 0.0571 e. The van der Waals surface area contributed by atoms with E-state index in [2.05, 4.69) is 36.6 Å². The van der Waals surface area contributed by atoms with Gasteiger partial charge in [-0.15, -0.1) is 11.3 Å². The Morgan fingerprint density at radius 2 is 2.10 bits per heavy atom. The van der Waals surface area contributed by atoms with Crippen molar-refractivity contribution in [2.45, 2.75) is 51.6 Å². The van der Waals surface area contributed by atoms with Gasteiger partial charge in [0.05, 0.1) is 6.10 Å². The highest BCUT2D eigenvalue weighted by molar-refractivity contribution is 7.17. The summed E-state index contributed by atoms with van der Waals surface area (Å²) in [5, 5.41) is 14.0. The molecule has 1 aromatic carbocycles. The number of aliphatic hydroxyl groups is 1. The van der Waals surface area contributed by atoms with Crippen LogP contribution in [0.25, 0.3) is 10.1 Å². The summed E-state index contributed by atoms with van der Waals surface area (Å²) >= 11 is 1.83. The molecule has 0 radical (unpaired) electrons. The van der Waals surface area contributed by atoms with E-state index in [-0.39, 0.29) is 6.10 Å². The van der Waals surface area contributed by atoms with Crippen LogP contribution >= 0.6 is 11.3 Å². The molecule has 2 heteroatoms. The molecule has 2 aromatic rings. The molecule has 3 rings (SSSR count). The zero-order valence-electron chi connectivity index (χ0n) is 12.2. The van der Waals surface area contributed by atoms with Gasteiger partial charge in [0, 0.05) is 4.70 Å². The summed E-state index contributed by atoms with van der Waals surface area (Å²) in [5.74, 6) is 1.29. The minimum absolute atomic E-state index is 0.0956. The molecular weight excluding hydrogens is 264 g/mol. The first kappa shape index (κ1) is 14.1. The van der Waals surface area contributed by atoms with Gasteiger partial charge in [0.15, 0.2) is 0 Å². The number of hydrogen-bond donors (Lipinski definition) is 1. The van der Waals surface area contributed by atoms with E-state index in [1.165, 1.54) is 41.3 Å². The number of thiophene rings is 1. The summed E-state index contributed by atoms with van der Waals surface area (Å²) in [6, 6.07) is 8.64. The molecule has 108 valence electrons. The summed E-state index contributed by atoms with van der Waals surface area (Å²) < 4.78 is 1.37. The zero-order valence-corrected chi connectivity index (χ0v) is 13.0. The third-order valence-electron chi connectivity index (χ3n) is 4.79. The van der Waals surface area contributed by atoms with Crippen molar-refractivity contribution >= 4 is 21.4 Å². The molecular formula is C18H24OS. The maximum atomic E-state index is 10.3. The number of benzene rings is 1. The molecule has 20 heavy (non-hydrogen) atoms. The van der Waals surface area contributed by atoms with Crippen LogP contribution in [0.5, 0.6) is 0 Å². The molecule has 0 bridgehead atoms. The second-order valence-corrected chi connectivity index (χ2v) is 7.17. The lowest BCUT2D eigenvalue weighted by Gasteiger charge is -2.33. The fourth-order valence-corrected chi connectivity index (χ4v) is 4.68. The molecule has 1 fully saturated rings. The fraction of sp³-hybridized carbons (Fsp3) is 0.556. The van der Waals surface area contributed by atoms with Gasteiger partial charge in [0.1, 0.15) is 0 Å². The van der Waals surface area contributed by atoms with Crippen LogP contribution in [0.4, 0.5) is 0 Å². The molecule has 3 unspecified atom stereocenters. The van der Waals surface area contributed by atoms with E-state index in [1.807, 2.05) is 11.3 Å². The van der Waals surface area contributed by atoms with Crippen LogP contribution in [0, 0.1) is 11.8 Å². The van der Waals surface area contributed by atoms with Crippen LogP contribution in [0.15, 0.2) is 29.6 Å². The van der Waals surface area contributed by atoms with Gasteiger partial charge in [-0.1, -0.05) is 38.0 Å². The maximum Gasteiger partial charge on any atom is 0.0571 e. The van der Waals surface area contributed by atoms with Gasteiger partial charge in [-0.3, -0.25) is 0 Å². The molecule has 1 saturated carbocycles. The molecule has 1 heterocycles. The van der Waals surface area contributed by atoms with E-state index in [1.54, 1.807) is 0 Å². The first-order chi connectivity index (χ1) is 9.78. The van der Waals surface area contributed by atoms with Crippen molar-refractivity contribution in [1.82, 2.24) is 0 Å².